The molecule has 0 fully saturated rings. The number of phenols is 2. The molecule has 23 heavy (non-hydrogen) atoms. The summed E-state index contributed by atoms with van der Waals surface area (Å²) in [7, 11) is 0. The molecule has 0 aliphatic rings. The van der Waals surface area contributed by atoms with Crippen LogP contribution in [0.5, 0.6) is 11.5 Å². The van der Waals surface area contributed by atoms with E-state index in [2.05, 4.69) is 46.8 Å². The molecule has 0 aliphatic heterocycles. The lowest BCUT2D eigenvalue weighted by Crippen LogP contribution is -2.08. The standard InChI is InChI=1S/C21H28O2/c1-6-17(18-9-7-15(22)11-20(18)13(2)3)19-10-8-16(23)12-21(19)14(4)5/h7-14,17,22-23H,6H2,1-5H3. The second-order valence-electron chi connectivity index (χ2n) is 6.90. The van der Waals surface area contributed by atoms with E-state index < -0.39 is 0 Å². The summed E-state index contributed by atoms with van der Waals surface area (Å²) in [5.74, 6) is 1.62. The summed E-state index contributed by atoms with van der Waals surface area (Å²) in [5.41, 5.74) is 4.93. The first-order chi connectivity index (χ1) is 10.8. The molecular formula is C21H28O2. The van der Waals surface area contributed by atoms with Crippen molar-refractivity contribution in [2.75, 3.05) is 0 Å². The van der Waals surface area contributed by atoms with Gasteiger partial charge < -0.3 is 10.2 Å². The maximum atomic E-state index is 9.86. The summed E-state index contributed by atoms with van der Waals surface area (Å²) < 4.78 is 0. The van der Waals surface area contributed by atoms with E-state index in [1.165, 1.54) is 22.3 Å². The second-order valence-corrected chi connectivity index (χ2v) is 6.90. The van der Waals surface area contributed by atoms with E-state index in [0.29, 0.717) is 23.3 Å². The lowest BCUT2D eigenvalue weighted by Gasteiger charge is -2.25. The number of rotatable bonds is 5. The third-order valence-electron chi connectivity index (χ3n) is 4.54. The Morgan fingerprint density at radius 2 is 1.09 bits per heavy atom. The molecule has 2 rings (SSSR count). The van der Waals surface area contributed by atoms with Crippen molar-refractivity contribution < 1.29 is 10.2 Å². The van der Waals surface area contributed by atoms with Crippen LogP contribution in [0.1, 0.15) is 81.0 Å². The molecule has 124 valence electrons. The fraction of sp³-hybridized carbons (Fsp3) is 0.429. The number of hydrogen-bond donors (Lipinski definition) is 2. The molecule has 0 spiro atoms. The Kier molecular flexibility index (Phi) is 5.35. The first kappa shape index (κ1) is 17.4. The Labute approximate surface area is 139 Å². The van der Waals surface area contributed by atoms with Gasteiger partial charge in [-0.15, -0.1) is 0 Å². The normalized spacial score (nSPS) is 11.7. The van der Waals surface area contributed by atoms with Gasteiger partial charge in [-0.25, -0.2) is 0 Å². The van der Waals surface area contributed by atoms with Gasteiger partial charge in [0.15, 0.2) is 0 Å². The number of aromatic hydroxyl groups is 2. The maximum Gasteiger partial charge on any atom is 0.115 e. The van der Waals surface area contributed by atoms with Crippen LogP contribution in [0, 0.1) is 0 Å². The molecule has 0 radical (unpaired) electrons. The minimum Gasteiger partial charge on any atom is -0.508 e. The van der Waals surface area contributed by atoms with Gasteiger partial charge in [-0.3, -0.25) is 0 Å². The van der Waals surface area contributed by atoms with E-state index in [0.717, 1.165) is 6.42 Å². The smallest absolute Gasteiger partial charge is 0.115 e. The second kappa shape index (κ2) is 7.08. The summed E-state index contributed by atoms with van der Waals surface area (Å²) in [6.07, 6.45) is 0.981. The Bertz CT molecular complexity index is 614. The Hall–Kier alpha value is -1.96. The van der Waals surface area contributed by atoms with Crippen LogP contribution in [-0.4, -0.2) is 10.2 Å². The van der Waals surface area contributed by atoms with Crippen molar-refractivity contribution in [3.63, 3.8) is 0 Å². The molecule has 2 heteroatoms. The van der Waals surface area contributed by atoms with Crippen molar-refractivity contribution in [1.82, 2.24) is 0 Å². The molecule has 2 aromatic carbocycles. The molecule has 0 saturated heterocycles. The first-order valence-electron chi connectivity index (χ1n) is 8.50. The fourth-order valence-electron chi connectivity index (χ4n) is 3.37. The Balaban J connectivity index is 2.62. The summed E-state index contributed by atoms with van der Waals surface area (Å²) in [6, 6.07) is 11.4. The van der Waals surface area contributed by atoms with Gasteiger partial charge in [-0.1, -0.05) is 46.8 Å². The highest BCUT2D eigenvalue weighted by atomic mass is 16.3. The lowest BCUT2D eigenvalue weighted by atomic mass is 9.79. The maximum absolute atomic E-state index is 9.86. The third-order valence-corrected chi connectivity index (χ3v) is 4.54. The molecule has 0 amide bonds. The molecule has 0 saturated carbocycles. The van der Waals surface area contributed by atoms with Crippen molar-refractivity contribution in [1.29, 1.82) is 0 Å². The summed E-state index contributed by atoms with van der Waals surface area (Å²) in [4.78, 5) is 0. The minimum absolute atomic E-state index is 0.269. The summed E-state index contributed by atoms with van der Waals surface area (Å²) in [5, 5.41) is 19.7. The van der Waals surface area contributed by atoms with Crippen LogP contribution in [0.15, 0.2) is 36.4 Å². The van der Waals surface area contributed by atoms with Crippen LogP contribution in [0.3, 0.4) is 0 Å². The molecule has 2 aromatic rings. The zero-order valence-corrected chi connectivity index (χ0v) is 14.8. The third kappa shape index (κ3) is 3.69. The number of benzene rings is 2. The molecule has 0 heterocycles. The highest BCUT2D eigenvalue weighted by Gasteiger charge is 2.21. The lowest BCUT2D eigenvalue weighted by molar-refractivity contribution is 0.473. The summed E-state index contributed by atoms with van der Waals surface area (Å²) in [6.45, 7) is 10.8. The van der Waals surface area contributed by atoms with Gasteiger partial charge in [0.2, 0.25) is 0 Å². The quantitative estimate of drug-likeness (QED) is 0.723. The molecule has 0 aromatic heterocycles. The molecule has 0 atom stereocenters. The van der Waals surface area contributed by atoms with Gasteiger partial charge in [-0.05, 0) is 64.8 Å². The zero-order chi connectivity index (χ0) is 17.1. The topological polar surface area (TPSA) is 40.5 Å². The molecule has 0 unspecified atom stereocenters. The molecule has 2 N–H and O–H groups in total. The monoisotopic (exact) mass is 312 g/mol. The average Bonchev–Trinajstić information content (AvgIpc) is 2.50. The molecule has 2 nitrogen and oxygen atoms in total. The van der Waals surface area contributed by atoms with Crippen molar-refractivity contribution >= 4 is 0 Å². The average molecular weight is 312 g/mol. The van der Waals surface area contributed by atoms with Gasteiger partial charge in [0.1, 0.15) is 11.5 Å². The fourth-order valence-corrected chi connectivity index (χ4v) is 3.37. The highest BCUT2D eigenvalue weighted by Crippen LogP contribution is 2.39. The highest BCUT2D eigenvalue weighted by molar-refractivity contribution is 5.47. The van der Waals surface area contributed by atoms with Crippen molar-refractivity contribution in [2.24, 2.45) is 0 Å². The van der Waals surface area contributed by atoms with Crippen LogP contribution in [0.2, 0.25) is 0 Å². The van der Waals surface area contributed by atoms with E-state index in [9.17, 15) is 10.2 Å². The van der Waals surface area contributed by atoms with Crippen LogP contribution in [0.4, 0.5) is 0 Å². The molecule has 0 aliphatic carbocycles. The van der Waals surface area contributed by atoms with E-state index in [1.807, 2.05) is 12.1 Å². The largest absolute Gasteiger partial charge is 0.508 e. The Morgan fingerprint density at radius 3 is 1.39 bits per heavy atom. The van der Waals surface area contributed by atoms with Crippen LogP contribution in [0.25, 0.3) is 0 Å². The predicted molar refractivity (Wildman–Crippen MR) is 96.5 cm³/mol. The minimum atomic E-state index is 0.269. The van der Waals surface area contributed by atoms with Crippen LogP contribution in [-0.2, 0) is 0 Å². The van der Waals surface area contributed by atoms with Gasteiger partial charge >= 0.3 is 0 Å². The van der Waals surface area contributed by atoms with Crippen molar-refractivity contribution in [3.8, 4) is 11.5 Å². The van der Waals surface area contributed by atoms with Crippen molar-refractivity contribution in [3.05, 3.63) is 58.7 Å². The molecular weight excluding hydrogens is 284 g/mol. The van der Waals surface area contributed by atoms with E-state index >= 15 is 0 Å². The van der Waals surface area contributed by atoms with Crippen LogP contribution >= 0.6 is 0 Å². The number of phenolic OH excluding ortho intramolecular Hbond substituents is 2. The van der Waals surface area contributed by atoms with E-state index in [4.69, 9.17) is 0 Å². The Morgan fingerprint density at radius 1 is 0.696 bits per heavy atom. The number of hydrogen-bond acceptors (Lipinski definition) is 2. The van der Waals surface area contributed by atoms with Gasteiger partial charge in [0.05, 0.1) is 0 Å². The van der Waals surface area contributed by atoms with Crippen molar-refractivity contribution in [2.45, 2.75) is 58.8 Å². The van der Waals surface area contributed by atoms with Gasteiger partial charge in [-0.2, -0.15) is 0 Å². The summed E-state index contributed by atoms with van der Waals surface area (Å²) >= 11 is 0. The van der Waals surface area contributed by atoms with E-state index in [-0.39, 0.29) is 5.92 Å². The molecule has 0 bridgehead atoms. The first-order valence-corrected chi connectivity index (χ1v) is 8.50. The predicted octanol–water partition coefficient (Wildman–Crippen LogP) is 5.89. The van der Waals surface area contributed by atoms with Gasteiger partial charge in [0, 0.05) is 5.92 Å². The van der Waals surface area contributed by atoms with Crippen LogP contribution < -0.4 is 0 Å². The SMILES string of the molecule is CCC(c1ccc(O)cc1C(C)C)c1ccc(O)cc1C(C)C. The van der Waals surface area contributed by atoms with Gasteiger partial charge in [0.25, 0.3) is 0 Å². The zero-order valence-electron chi connectivity index (χ0n) is 14.8. The van der Waals surface area contributed by atoms with E-state index in [1.54, 1.807) is 12.1 Å².